The Bertz CT molecular complexity index is 722. The van der Waals surface area contributed by atoms with Crippen molar-refractivity contribution in [1.82, 2.24) is 5.43 Å². The van der Waals surface area contributed by atoms with Crippen molar-refractivity contribution in [1.29, 1.82) is 0 Å². The lowest BCUT2D eigenvalue weighted by Gasteiger charge is -2.10. The number of nitrogens with one attached hydrogen (secondary N) is 1. The second-order valence-electron chi connectivity index (χ2n) is 5.07. The molecule has 2 aromatic carbocycles. The van der Waals surface area contributed by atoms with Crippen molar-refractivity contribution in [2.75, 3.05) is 14.2 Å². The van der Waals surface area contributed by atoms with Gasteiger partial charge in [0.15, 0.2) is 0 Å². The van der Waals surface area contributed by atoms with E-state index >= 15 is 0 Å². The maximum atomic E-state index is 12.1. The van der Waals surface area contributed by atoms with Crippen molar-refractivity contribution in [2.45, 2.75) is 13.8 Å². The lowest BCUT2D eigenvalue weighted by molar-refractivity contribution is 0.0955. The highest BCUT2D eigenvalue weighted by Gasteiger charge is 2.09. The maximum Gasteiger partial charge on any atom is 0.271 e. The van der Waals surface area contributed by atoms with Crippen LogP contribution in [-0.2, 0) is 0 Å². The Morgan fingerprint density at radius 2 is 1.74 bits per heavy atom. The lowest BCUT2D eigenvalue weighted by Crippen LogP contribution is -2.19. The highest BCUT2D eigenvalue weighted by atomic mass is 16.5. The van der Waals surface area contributed by atoms with Crippen LogP contribution in [0.5, 0.6) is 11.5 Å². The molecule has 0 saturated heterocycles. The van der Waals surface area contributed by atoms with Crippen molar-refractivity contribution in [3.8, 4) is 11.5 Å². The number of methoxy groups -OCH3 is 2. The third kappa shape index (κ3) is 4.10. The zero-order valence-corrected chi connectivity index (χ0v) is 13.7. The Labute approximate surface area is 135 Å². The van der Waals surface area contributed by atoms with E-state index in [9.17, 15) is 4.79 Å². The molecule has 0 aromatic heterocycles. The minimum atomic E-state index is -0.258. The van der Waals surface area contributed by atoms with Crippen molar-refractivity contribution in [3.05, 3.63) is 59.2 Å². The predicted octanol–water partition coefficient (Wildman–Crippen LogP) is 3.17. The Hall–Kier alpha value is -2.82. The van der Waals surface area contributed by atoms with E-state index in [1.807, 2.05) is 25.1 Å². The summed E-state index contributed by atoms with van der Waals surface area (Å²) in [5.41, 5.74) is 5.60. The number of rotatable bonds is 5. The molecule has 0 unspecified atom stereocenters. The first kappa shape index (κ1) is 16.5. The minimum absolute atomic E-state index is 0.258. The zero-order chi connectivity index (χ0) is 16.8. The fourth-order valence-corrected chi connectivity index (χ4v) is 2.06. The van der Waals surface area contributed by atoms with Gasteiger partial charge < -0.3 is 9.47 Å². The van der Waals surface area contributed by atoms with Gasteiger partial charge in [-0.1, -0.05) is 17.7 Å². The molecule has 2 aromatic rings. The van der Waals surface area contributed by atoms with E-state index in [4.69, 9.17) is 9.47 Å². The smallest absolute Gasteiger partial charge is 0.271 e. The van der Waals surface area contributed by atoms with E-state index in [0.717, 1.165) is 11.1 Å². The van der Waals surface area contributed by atoms with Crippen molar-refractivity contribution in [2.24, 2.45) is 5.10 Å². The van der Waals surface area contributed by atoms with Gasteiger partial charge in [-0.05, 0) is 44.2 Å². The van der Waals surface area contributed by atoms with E-state index in [2.05, 4.69) is 10.5 Å². The molecule has 0 aliphatic carbocycles. The summed E-state index contributed by atoms with van der Waals surface area (Å²) in [7, 11) is 3.18. The number of hydrogen-bond donors (Lipinski definition) is 1. The fourth-order valence-electron chi connectivity index (χ4n) is 2.06. The number of hydrogen-bond acceptors (Lipinski definition) is 4. The molecule has 1 N–H and O–H groups in total. The number of aryl methyl sites for hydroxylation is 1. The molecule has 120 valence electrons. The molecule has 23 heavy (non-hydrogen) atoms. The van der Waals surface area contributed by atoms with Gasteiger partial charge in [0.25, 0.3) is 5.91 Å². The summed E-state index contributed by atoms with van der Waals surface area (Å²) in [6, 6.07) is 12.7. The number of hydrazone groups is 1. The van der Waals surface area contributed by atoms with Crippen molar-refractivity contribution < 1.29 is 14.3 Å². The number of benzene rings is 2. The highest BCUT2D eigenvalue weighted by Crippen LogP contribution is 2.24. The number of carbonyl (C=O) groups excluding carboxylic acids is 1. The van der Waals surface area contributed by atoms with Gasteiger partial charge in [-0.3, -0.25) is 4.79 Å². The Kier molecular flexibility index (Phi) is 5.36. The Balaban J connectivity index is 2.19. The Morgan fingerprint density at radius 3 is 2.35 bits per heavy atom. The largest absolute Gasteiger partial charge is 0.497 e. The van der Waals surface area contributed by atoms with Crippen LogP contribution in [0.15, 0.2) is 47.6 Å². The SMILES string of the molecule is COc1ccc(OC)c(/C(C)=N\NC(=O)c2ccc(C)cc2)c1. The molecule has 5 heteroatoms. The average Bonchev–Trinajstić information content (AvgIpc) is 2.59. The first-order valence-electron chi connectivity index (χ1n) is 7.19. The van der Waals surface area contributed by atoms with Crippen LogP contribution in [0.25, 0.3) is 0 Å². The summed E-state index contributed by atoms with van der Waals surface area (Å²) in [6.45, 7) is 3.77. The van der Waals surface area contributed by atoms with Crippen LogP contribution < -0.4 is 14.9 Å². The number of carbonyl (C=O) groups is 1. The normalized spacial score (nSPS) is 11.0. The molecule has 0 fully saturated rings. The van der Waals surface area contributed by atoms with E-state index in [1.54, 1.807) is 45.4 Å². The molecule has 0 radical (unpaired) electrons. The molecule has 5 nitrogen and oxygen atoms in total. The summed E-state index contributed by atoms with van der Waals surface area (Å²) in [4.78, 5) is 12.1. The van der Waals surface area contributed by atoms with E-state index in [0.29, 0.717) is 22.8 Å². The van der Waals surface area contributed by atoms with Gasteiger partial charge in [0.2, 0.25) is 0 Å². The fraction of sp³-hybridized carbons (Fsp3) is 0.222. The van der Waals surface area contributed by atoms with Crippen LogP contribution in [0.4, 0.5) is 0 Å². The average molecular weight is 312 g/mol. The van der Waals surface area contributed by atoms with Gasteiger partial charge in [-0.25, -0.2) is 5.43 Å². The number of amides is 1. The Morgan fingerprint density at radius 1 is 1.04 bits per heavy atom. The maximum absolute atomic E-state index is 12.1. The molecular weight excluding hydrogens is 292 g/mol. The quantitative estimate of drug-likeness (QED) is 0.681. The topological polar surface area (TPSA) is 59.9 Å². The van der Waals surface area contributed by atoms with Crippen LogP contribution in [-0.4, -0.2) is 25.8 Å². The van der Waals surface area contributed by atoms with Gasteiger partial charge in [-0.15, -0.1) is 0 Å². The number of ether oxygens (including phenoxy) is 2. The molecule has 1 amide bonds. The van der Waals surface area contributed by atoms with Crippen LogP contribution in [0, 0.1) is 6.92 Å². The second-order valence-corrected chi connectivity index (χ2v) is 5.07. The third-order valence-corrected chi connectivity index (χ3v) is 3.44. The van der Waals surface area contributed by atoms with E-state index < -0.39 is 0 Å². The van der Waals surface area contributed by atoms with E-state index in [1.165, 1.54) is 0 Å². The third-order valence-electron chi connectivity index (χ3n) is 3.44. The molecular formula is C18H20N2O3. The standard InChI is InChI=1S/C18H20N2O3/c1-12-5-7-14(8-6-12)18(21)20-19-13(2)16-11-15(22-3)9-10-17(16)23-4/h5-11H,1-4H3,(H,20,21)/b19-13-. The molecule has 0 bridgehead atoms. The molecule has 0 atom stereocenters. The molecule has 0 spiro atoms. The van der Waals surface area contributed by atoms with Crippen LogP contribution in [0.3, 0.4) is 0 Å². The van der Waals surface area contributed by atoms with Crippen LogP contribution in [0.1, 0.15) is 28.4 Å². The van der Waals surface area contributed by atoms with E-state index in [-0.39, 0.29) is 5.91 Å². The first-order chi connectivity index (χ1) is 11.0. The first-order valence-corrected chi connectivity index (χ1v) is 7.19. The predicted molar refractivity (Wildman–Crippen MR) is 90.4 cm³/mol. The molecule has 0 heterocycles. The summed E-state index contributed by atoms with van der Waals surface area (Å²) >= 11 is 0. The summed E-state index contributed by atoms with van der Waals surface area (Å²) in [5, 5.41) is 4.16. The molecule has 2 rings (SSSR count). The molecule has 0 saturated carbocycles. The summed E-state index contributed by atoms with van der Waals surface area (Å²) in [5.74, 6) is 1.10. The van der Waals surface area contributed by atoms with Gasteiger partial charge in [0, 0.05) is 11.1 Å². The van der Waals surface area contributed by atoms with Crippen LogP contribution in [0.2, 0.25) is 0 Å². The summed E-state index contributed by atoms with van der Waals surface area (Å²) < 4.78 is 10.5. The van der Waals surface area contributed by atoms with Gasteiger partial charge in [0.1, 0.15) is 11.5 Å². The molecule has 0 aliphatic rings. The van der Waals surface area contributed by atoms with Crippen molar-refractivity contribution in [3.63, 3.8) is 0 Å². The van der Waals surface area contributed by atoms with Gasteiger partial charge in [0.05, 0.1) is 19.9 Å². The highest BCUT2D eigenvalue weighted by molar-refractivity contribution is 6.03. The van der Waals surface area contributed by atoms with Crippen LogP contribution >= 0.6 is 0 Å². The molecule has 0 aliphatic heterocycles. The zero-order valence-electron chi connectivity index (χ0n) is 13.7. The lowest BCUT2D eigenvalue weighted by atomic mass is 10.1. The summed E-state index contributed by atoms with van der Waals surface area (Å²) in [6.07, 6.45) is 0. The monoisotopic (exact) mass is 312 g/mol. The second kappa shape index (κ2) is 7.45. The minimum Gasteiger partial charge on any atom is -0.497 e. The van der Waals surface area contributed by atoms with Crippen molar-refractivity contribution >= 4 is 11.6 Å². The number of nitrogens with zero attached hydrogens (tertiary/aromatic N) is 1. The van der Waals surface area contributed by atoms with Gasteiger partial charge in [-0.2, -0.15) is 5.10 Å². The van der Waals surface area contributed by atoms with Gasteiger partial charge >= 0.3 is 0 Å².